The zero-order chi connectivity index (χ0) is 16.2. The molecular formula is C18H43N3O3S. The predicted molar refractivity (Wildman–Crippen MR) is 112 cm³/mol. The van der Waals surface area contributed by atoms with Crippen LogP contribution in [0.2, 0.25) is 0 Å². The molecule has 3 fully saturated rings. The maximum Gasteiger partial charge on any atom is 0.320 e. The van der Waals surface area contributed by atoms with Crippen LogP contribution in [0.5, 0.6) is 0 Å². The summed E-state index contributed by atoms with van der Waals surface area (Å²) in [5, 5.41) is 26.2. The average Bonchev–Trinajstić information content (AvgIpc) is 3.31. The van der Waals surface area contributed by atoms with Crippen molar-refractivity contribution in [1.29, 1.82) is 0 Å². The van der Waals surface area contributed by atoms with Gasteiger partial charge >= 0.3 is 5.97 Å². The summed E-state index contributed by atoms with van der Waals surface area (Å²) in [7, 11) is 0. The first-order valence-electron chi connectivity index (χ1n) is 8.32. The lowest BCUT2D eigenvalue weighted by atomic mass is 10.2. The van der Waals surface area contributed by atoms with E-state index in [1.54, 1.807) is 0 Å². The summed E-state index contributed by atoms with van der Waals surface area (Å²) >= 11 is 4.15. The molecule has 5 N–H and O–H groups in total. The van der Waals surface area contributed by atoms with E-state index in [1.165, 1.54) is 25.8 Å². The van der Waals surface area contributed by atoms with E-state index in [0.29, 0.717) is 18.7 Å². The zero-order valence-electron chi connectivity index (χ0n) is 13.3. The number of hydrogen-bond acceptors (Lipinski definition) is 6. The fourth-order valence-corrected chi connectivity index (χ4v) is 3.03. The van der Waals surface area contributed by atoms with E-state index in [9.17, 15) is 4.79 Å². The van der Waals surface area contributed by atoms with Gasteiger partial charge in [-0.05, 0) is 58.2 Å². The van der Waals surface area contributed by atoms with Crippen molar-refractivity contribution in [2.45, 2.75) is 78.9 Å². The molecule has 0 radical (unpaired) electrons. The Balaban J connectivity index is -0.000000275. The summed E-state index contributed by atoms with van der Waals surface area (Å²) in [5.41, 5.74) is 0. The fraction of sp³-hybridized carbons (Fsp3) is 0.944. The number of carboxylic acid groups (broad SMARTS) is 1. The second-order valence-electron chi connectivity index (χ2n) is 5.94. The first-order valence-corrected chi connectivity index (χ1v) is 8.95. The first kappa shape index (κ1) is 29.4. The largest absolute Gasteiger partial charge is 0.480 e. The predicted octanol–water partition coefficient (Wildman–Crippen LogP) is 2.13. The van der Waals surface area contributed by atoms with Crippen LogP contribution in [0.3, 0.4) is 0 Å². The molecule has 0 aromatic heterocycles. The standard InChI is InChI=1S/C5H9NO2.C5H11NO.C5H11NS.3CH4/c7-5(8)4-2-1-3-6-4;2*7-4-5-2-1-3-6-5;;;/h4,6H,1-3H2,(H,7,8);2*5-7H,1-4H2;3*1H4. The summed E-state index contributed by atoms with van der Waals surface area (Å²) in [6.07, 6.45) is 6.82. The summed E-state index contributed by atoms with van der Waals surface area (Å²) in [5.74, 6) is 0.280. The molecule has 0 aromatic carbocycles. The first-order chi connectivity index (χ1) is 10.7. The van der Waals surface area contributed by atoms with Gasteiger partial charge in [-0.25, -0.2) is 0 Å². The molecule has 0 bridgehead atoms. The highest BCUT2D eigenvalue weighted by Gasteiger charge is 2.20. The molecule has 3 aliphatic heterocycles. The summed E-state index contributed by atoms with van der Waals surface area (Å²) in [4.78, 5) is 10.1. The molecule has 3 atom stereocenters. The van der Waals surface area contributed by atoms with Gasteiger partial charge in [0.25, 0.3) is 0 Å². The van der Waals surface area contributed by atoms with Crippen LogP contribution in [0.15, 0.2) is 0 Å². The molecule has 3 saturated heterocycles. The second kappa shape index (κ2) is 18.5. The Morgan fingerprint density at radius 1 is 0.880 bits per heavy atom. The van der Waals surface area contributed by atoms with Gasteiger partial charge in [0.05, 0.1) is 6.61 Å². The molecule has 3 unspecified atom stereocenters. The zero-order valence-corrected chi connectivity index (χ0v) is 14.2. The van der Waals surface area contributed by atoms with Gasteiger partial charge in [-0.3, -0.25) is 4.79 Å². The average molecular weight is 382 g/mol. The molecule has 0 aromatic rings. The number of aliphatic carboxylic acids is 1. The summed E-state index contributed by atoms with van der Waals surface area (Å²) in [6, 6.07) is 0.846. The van der Waals surface area contributed by atoms with Crippen molar-refractivity contribution >= 4 is 18.6 Å². The lowest BCUT2D eigenvalue weighted by molar-refractivity contribution is -0.139. The Hall–Kier alpha value is -0.340. The smallest absolute Gasteiger partial charge is 0.320 e. The van der Waals surface area contributed by atoms with Gasteiger partial charge in [-0.15, -0.1) is 0 Å². The molecule has 0 spiro atoms. The quantitative estimate of drug-likeness (QED) is 0.420. The van der Waals surface area contributed by atoms with Crippen LogP contribution in [0, 0.1) is 0 Å². The van der Waals surface area contributed by atoms with Crippen LogP contribution < -0.4 is 16.0 Å². The van der Waals surface area contributed by atoms with Gasteiger partial charge < -0.3 is 26.2 Å². The van der Waals surface area contributed by atoms with Gasteiger partial charge in [0.15, 0.2) is 0 Å². The number of carboxylic acids is 1. The number of carbonyl (C=O) groups is 1. The third-order valence-electron chi connectivity index (χ3n) is 4.12. The normalized spacial score (nSPS) is 26.6. The summed E-state index contributed by atoms with van der Waals surface area (Å²) in [6.45, 7) is 3.45. The maximum absolute atomic E-state index is 10.1. The highest BCUT2D eigenvalue weighted by atomic mass is 32.1. The second-order valence-corrected chi connectivity index (χ2v) is 6.30. The molecule has 3 rings (SSSR count). The number of aliphatic hydroxyl groups is 1. The molecule has 3 aliphatic rings. The van der Waals surface area contributed by atoms with Gasteiger partial charge in [0.1, 0.15) is 6.04 Å². The third kappa shape index (κ3) is 13.5. The number of aliphatic hydroxyl groups excluding tert-OH is 1. The van der Waals surface area contributed by atoms with Crippen molar-refractivity contribution < 1.29 is 15.0 Å². The van der Waals surface area contributed by atoms with Crippen molar-refractivity contribution in [2.24, 2.45) is 0 Å². The van der Waals surface area contributed by atoms with E-state index < -0.39 is 5.97 Å². The van der Waals surface area contributed by atoms with Gasteiger partial charge in [-0.1, -0.05) is 22.3 Å². The van der Waals surface area contributed by atoms with Crippen LogP contribution in [-0.4, -0.2) is 66.3 Å². The highest BCUT2D eigenvalue weighted by molar-refractivity contribution is 7.80. The van der Waals surface area contributed by atoms with Crippen molar-refractivity contribution in [2.75, 3.05) is 32.0 Å². The monoisotopic (exact) mass is 381 g/mol. The molecule has 3 heterocycles. The van der Waals surface area contributed by atoms with E-state index in [0.717, 1.165) is 38.1 Å². The molecule has 0 amide bonds. The molecule has 6 nitrogen and oxygen atoms in total. The van der Waals surface area contributed by atoms with Crippen LogP contribution >= 0.6 is 12.6 Å². The Bertz CT molecular complexity index is 275. The number of hydrogen-bond donors (Lipinski definition) is 6. The van der Waals surface area contributed by atoms with Crippen LogP contribution in [0.1, 0.15) is 60.8 Å². The number of rotatable bonds is 3. The van der Waals surface area contributed by atoms with E-state index in [4.69, 9.17) is 10.2 Å². The SMILES string of the molecule is C.C.C.O=C(O)C1CCCN1.OCC1CCCN1.SCC1CCCN1. The molecule has 25 heavy (non-hydrogen) atoms. The maximum atomic E-state index is 10.1. The Morgan fingerprint density at radius 3 is 1.56 bits per heavy atom. The van der Waals surface area contributed by atoms with E-state index in [2.05, 4.69) is 28.6 Å². The van der Waals surface area contributed by atoms with Crippen molar-refractivity contribution in [3.8, 4) is 0 Å². The van der Waals surface area contributed by atoms with E-state index in [-0.39, 0.29) is 28.3 Å². The van der Waals surface area contributed by atoms with Crippen LogP contribution in [0.4, 0.5) is 0 Å². The van der Waals surface area contributed by atoms with Gasteiger partial charge in [-0.2, -0.15) is 12.6 Å². The molecule has 154 valence electrons. The number of thiol groups is 1. The number of nitrogens with one attached hydrogen (secondary N) is 3. The van der Waals surface area contributed by atoms with Crippen molar-refractivity contribution in [3.05, 3.63) is 0 Å². The van der Waals surface area contributed by atoms with Crippen molar-refractivity contribution in [1.82, 2.24) is 16.0 Å². The molecule has 0 aliphatic carbocycles. The van der Waals surface area contributed by atoms with Crippen molar-refractivity contribution in [3.63, 3.8) is 0 Å². The van der Waals surface area contributed by atoms with E-state index in [1.807, 2.05) is 0 Å². The molecule has 7 heteroatoms. The lowest BCUT2D eigenvalue weighted by Crippen LogP contribution is -2.29. The van der Waals surface area contributed by atoms with E-state index >= 15 is 0 Å². The molecule has 0 saturated carbocycles. The lowest BCUT2D eigenvalue weighted by Gasteiger charge is -2.01. The third-order valence-corrected chi connectivity index (χ3v) is 4.56. The van der Waals surface area contributed by atoms with Crippen LogP contribution in [-0.2, 0) is 4.79 Å². The fourth-order valence-electron chi connectivity index (χ4n) is 2.72. The Kier molecular flexibility index (Phi) is 21.7. The Morgan fingerprint density at radius 2 is 1.36 bits per heavy atom. The Labute approximate surface area is 161 Å². The van der Waals surface area contributed by atoms with Gasteiger partial charge in [0.2, 0.25) is 0 Å². The minimum Gasteiger partial charge on any atom is -0.480 e. The minimum absolute atomic E-state index is 0. The highest BCUT2D eigenvalue weighted by Crippen LogP contribution is 2.05. The minimum atomic E-state index is -0.720. The molecular weight excluding hydrogens is 338 g/mol. The van der Waals surface area contributed by atoms with Crippen LogP contribution in [0.25, 0.3) is 0 Å². The topological polar surface area (TPSA) is 93.6 Å². The summed E-state index contributed by atoms with van der Waals surface area (Å²) < 4.78 is 0. The van der Waals surface area contributed by atoms with Gasteiger partial charge in [0, 0.05) is 17.8 Å².